The molecule has 0 spiro atoms. The second-order valence-corrected chi connectivity index (χ2v) is 9.34. The highest BCUT2D eigenvalue weighted by atomic mass is 35.5. The summed E-state index contributed by atoms with van der Waals surface area (Å²) in [4.78, 5) is 16.9. The minimum atomic E-state index is -0.242. The molecule has 34 heavy (non-hydrogen) atoms. The summed E-state index contributed by atoms with van der Waals surface area (Å²) >= 11 is 6.10. The quantitative estimate of drug-likeness (QED) is 0.440. The van der Waals surface area contributed by atoms with Crippen LogP contribution in [0.4, 0.5) is 10.5 Å². The number of hydrogen-bond donors (Lipinski definition) is 0. The third kappa shape index (κ3) is 3.77. The number of rotatable bonds is 3. The number of amides is 1. The van der Waals surface area contributed by atoms with Crippen LogP contribution in [0.3, 0.4) is 0 Å². The first-order valence-corrected chi connectivity index (χ1v) is 11.9. The number of carbonyl (C=O) groups is 1. The van der Waals surface area contributed by atoms with Crippen LogP contribution in [0.15, 0.2) is 55.1 Å². The smallest absolute Gasteiger partial charge is 0.410 e. The molecule has 0 saturated carbocycles. The standard InChI is InChI=1S/C25H25ClN6O2/c1-29-15-19(13-27-29)18-2-6-22-23(14-28-32(22)16-18)30-8-10-31(11-9-30)25(33)34-24-7-3-17-12-20(26)4-5-21(17)24/h2,4-6,12-16,24H,3,7-11H2,1H3/t24-/m1/s1. The third-order valence-corrected chi connectivity index (χ3v) is 7.02. The number of pyridine rings is 1. The third-order valence-electron chi connectivity index (χ3n) is 6.78. The SMILES string of the molecule is Cn1cc(-c2ccc3c(N4CCN(C(=O)O[C@@H]5CCc6cc(Cl)ccc65)CC4)cnn3c2)cn1. The van der Waals surface area contributed by atoms with Gasteiger partial charge in [-0.3, -0.25) is 4.68 Å². The van der Waals surface area contributed by atoms with E-state index in [1.165, 1.54) is 5.56 Å². The van der Waals surface area contributed by atoms with E-state index in [4.69, 9.17) is 16.3 Å². The fourth-order valence-corrected chi connectivity index (χ4v) is 5.15. The number of aromatic nitrogens is 4. The molecule has 1 aliphatic heterocycles. The Kier molecular flexibility index (Phi) is 5.17. The predicted octanol–water partition coefficient (Wildman–Crippen LogP) is 4.33. The van der Waals surface area contributed by atoms with Gasteiger partial charge in [0.1, 0.15) is 6.10 Å². The molecule has 4 aromatic rings. The van der Waals surface area contributed by atoms with E-state index < -0.39 is 0 Å². The topological polar surface area (TPSA) is 67.9 Å². The van der Waals surface area contributed by atoms with Gasteiger partial charge in [0.2, 0.25) is 0 Å². The van der Waals surface area contributed by atoms with E-state index in [1.807, 2.05) is 54.5 Å². The van der Waals surface area contributed by atoms with E-state index >= 15 is 0 Å². The monoisotopic (exact) mass is 476 g/mol. The van der Waals surface area contributed by atoms with Crippen LogP contribution in [0.2, 0.25) is 5.02 Å². The summed E-state index contributed by atoms with van der Waals surface area (Å²) in [6, 6.07) is 10.00. The first kappa shape index (κ1) is 21.0. The summed E-state index contributed by atoms with van der Waals surface area (Å²) in [5, 5.41) is 9.55. The summed E-state index contributed by atoms with van der Waals surface area (Å²) < 4.78 is 9.57. The number of carbonyl (C=O) groups excluding carboxylic acids is 1. The van der Waals surface area contributed by atoms with E-state index in [0.717, 1.165) is 58.8 Å². The lowest BCUT2D eigenvalue weighted by atomic mass is 10.1. The molecule has 1 aliphatic carbocycles. The number of benzene rings is 1. The second kappa shape index (κ2) is 8.36. The van der Waals surface area contributed by atoms with Crippen molar-refractivity contribution in [3.8, 4) is 11.1 Å². The van der Waals surface area contributed by atoms with Crippen molar-refractivity contribution in [1.29, 1.82) is 0 Å². The lowest BCUT2D eigenvalue weighted by Gasteiger charge is -2.35. The molecule has 174 valence electrons. The van der Waals surface area contributed by atoms with Crippen molar-refractivity contribution < 1.29 is 9.53 Å². The summed E-state index contributed by atoms with van der Waals surface area (Å²) in [6.45, 7) is 2.70. The highest BCUT2D eigenvalue weighted by Gasteiger charge is 2.30. The maximum absolute atomic E-state index is 12.8. The Morgan fingerprint density at radius 2 is 1.88 bits per heavy atom. The van der Waals surface area contributed by atoms with Crippen LogP contribution >= 0.6 is 11.6 Å². The molecule has 0 radical (unpaired) electrons. The van der Waals surface area contributed by atoms with Gasteiger partial charge in [-0.2, -0.15) is 10.2 Å². The Morgan fingerprint density at radius 3 is 2.68 bits per heavy atom. The maximum atomic E-state index is 12.8. The number of nitrogens with zero attached hydrogens (tertiary/aromatic N) is 6. The van der Waals surface area contributed by atoms with Gasteiger partial charge < -0.3 is 14.5 Å². The molecule has 1 atom stereocenters. The number of anilines is 1. The number of fused-ring (bicyclic) bond motifs is 2. The Bertz CT molecular complexity index is 1370. The molecular formula is C25H25ClN6O2. The van der Waals surface area contributed by atoms with Crippen LogP contribution in [0.5, 0.6) is 0 Å². The van der Waals surface area contributed by atoms with Crippen molar-refractivity contribution in [1.82, 2.24) is 24.3 Å². The van der Waals surface area contributed by atoms with Gasteiger partial charge in [-0.25, -0.2) is 9.31 Å². The van der Waals surface area contributed by atoms with Crippen molar-refractivity contribution in [2.45, 2.75) is 18.9 Å². The molecule has 1 amide bonds. The molecule has 6 rings (SSSR count). The average molecular weight is 477 g/mol. The molecule has 0 unspecified atom stereocenters. The number of ether oxygens (including phenoxy) is 1. The number of halogens is 1. The van der Waals surface area contributed by atoms with Crippen LogP contribution in [0.25, 0.3) is 16.6 Å². The molecule has 1 fully saturated rings. The number of hydrogen-bond acceptors (Lipinski definition) is 5. The van der Waals surface area contributed by atoms with E-state index in [0.29, 0.717) is 13.1 Å². The zero-order chi connectivity index (χ0) is 23.2. The molecule has 3 aromatic heterocycles. The van der Waals surface area contributed by atoms with Gasteiger partial charge in [0.05, 0.1) is 23.6 Å². The highest BCUT2D eigenvalue weighted by molar-refractivity contribution is 6.30. The van der Waals surface area contributed by atoms with E-state index in [2.05, 4.69) is 27.2 Å². The molecule has 4 heterocycles. The zero-order valence-corrected chi connectivity index (χ0v) is 19.6. The predicted molar refractivity (Wildman–Crippen MR) is 130 cm³/mol. The normalized spacial score (nSPS) is 17.9. The maximum Gasteiger partial charge on any atom is 0.410 e. The molecule has 8 nitrogen and oxygen atoms in total. The van der Waals surface area contributed by atoms with Gasteiger partial charge >= 0.3 is 6.09 Å². The Labute approximate surface area is 202 Å². The van der Waals surface area contributed by atoms with E-state index in [-0.39, 0.29) is 12.2 Å². The molecule has 9 heteroatoms. The Morgan fingerprint density at radius 1 is 1.03 bits per heavy atom. The summed E-state index contributed by atoms with van der Waals surface area (Å²) in [5.41, 5.74) is 6.50. The van der Waals surface area contributed by atoms with Crippen LogP contribution in [-0.2, 0) is 18.2 Å². The molecule has 1 aromatic carbocycles. The Hall–Kier alpha value is -3.52. The van der Waals surface area contributed by atoms with Crippen LogP contribution in [-0.4, -0.2) is 56.6 Å². The van der Waals surface area contributed by atoms with Crippen molar-refractivity contribution in [2.24, 2.45) is 7.05 Å². The van der Waals surface area contributed by atoms with Crippen LogP contribution in [0.1, 0.15) is 23.7 Å². The minimum absolute atomic E-state index is 0.188. The van der Waals surface area contributed by atoms with E-state index in [9.17, 15) is 4.79 Å². The van der Waals surface area contributed by atoms with Gasteiger partial charge in [0.15, 0.2) is 0 Å². The fraction of sp³-hybridized carbons (Fsp3) is 0.320. The largest absolute Gasteiger partial charge is 0.441 e. The molecule has 1 saturated heterocycles. The zero-order valence-electron chi connectivity index (χ0n) is 18.9. The summed E-state index contributed by atoms with van der Waals surface area (Å²) in [7, 11) is 1.91. The van der Waals surface area contributed by atoms with Crippen molar-refractivity contribution >= 4 is 28.9 Å². The lowest BCUT2D eigenvalue weighted by molar-refractivity contribution is 0.0613. The minimum Gasteiger partial charge on any atom is -0.441 e. The molecule has 0 N–H and O–H groups in total. The first-order chi connectivity index (χ1) is 16.5. The van der Waals surface area contributed by atoms with Crippen molar-refractivity contribution in [2.75, 3.05) is 31.1 Å². The molecule has 0 bridgehead atoms. The van der Waals surface area contributed by atoms with Gasteiger partial charge in [-0.15, -0.1) is 0 Å². The van der Waals surface area contributed by atoms with Gasteiger partial charge in [-0.05, 0) is 42.2 Å². The highest BCUT2D eigenvalue weighted by Crippen LogP contribution is 2.36. The number of aryl methyl sites for hydroxylation is 2. The summed E-state index contributed by atoms with van der Waals surface area (Å²) in [5.74, 6) is 0. The Balaban J connectivity index is 1.11. The van der Waals surface area contributed by atoms with Crippen molar-refractivity contribution in [3.63, 3.8) is 0 Å². The van der Waals surface area contributed by atoms with Crippen LogP contribution < -0.4 is 4.90 Å². The van der Waals surface area contributed by atoms with E-state index in [1.54, 1.807) is 9.58 Å². The van der Waals surface area contributed by atoms with Gasteiger partial charge in [0, 0.05) is 61.8 Å². The van der Waals surface area contributed by atoms with Crippen LogP contribution in [0, 0.1) is 0 Å². The average Bonchev–Trinajstić information content (AvgIpc) is 3.57. The first-order valence-electron chi connectivity index (χ1n) is 11.5. The molecular weight excluding hydrogens is 452 g/mol. The van der Waals surface area contributed by atoms with Gasteiger partial charge in [-0.1, -0.05) is 23.7 Å². The van der Waals surface area contributed by atoms with Gasteiger partial charge in [0.25, 0.3) is 0 Å². The number of piperazine rings is 1. The summed E-state index contributed by atoms with van der Waals surface area (Å²) in [6.07, 6.45) is 9.03. The molecule has 2 aliphatic rings. The second-order valence-electron chi connectivity index (χ2n) is 8.91. The fourth-order valence-electron chi connectivity index (χ4n) is 4.95. The van der Waals surface area contributed by atoms with Crippen molar-refractivity contribution in [3.05, 3.63) is 71.3 Å². The lowest BCUT2D eigenvalue weighted by Crippen LogP contribution is -2.49.